The van der Waals surface area contributed by atoms with Crippen LogP contribution in [0.25, 0.3) is 0 Å². The third-order valence-corrected chi connectivity index (χ3v) is 2.64. The fourth-order valence-corrected chi connectivity index (χ4v) is 1.45. The molecule has 1 N–H and O–H groups in total. The molecule has 0 spiro atoms. The first-order chi connectivity index (χ1) is 8.16. The zero-order chi connectivity index (χ0) is 12.3. The zero-order valence-corrected chi connectivity index (χ0v) is 10.1. The molecule has 2 rings (SSSR count). The predicted molar refractivity (Wildman–Crippen MR) is 64.1 cm³/mol. The Morgan fingerprint density at radius 3 is 2.65 bits per heavy atom. The van der Waals surface area contributed by atoms with Crippen LogP contribution in [0.1, 0.15) is 10.4 Å². The van der Waals surface area contributed by atoms with E-state index in [1.807, 2.05) is 0 Å². The third-order valence-electron chi connectivity index (χ3n) is 2.00. The molecule has 0 bridgehead atoms. The third kappa shape index (κ3) is 2.85. The Morgan fingerprint density at radius 2 is 2.00 bits per heavy atom. The molecule has 0 fully saturated rings. The van der Waals surface area contributed by atoms with Gasteiger partial charge in [0, 0.05) is 5.56 Å². The highest BCUT2D eigenvalue weighted by molar-refractivity contribution is 9.10. The minimum Gasteiger partial charge on any atom is -0.319 e. The van der Waals surface area contributed by atoms with E-state index in [-0.39, 0.29) is 5.56 Å². The number of nitrogens with one attached hydrogen (secondary N) is 1. The summed E-state index contributed by atoms with van der Waals surface area (Å²) in [6.45, 7) is 0. The molecule has 6 heteroatoms. The minimum absolute atomic E-state index is 0.231. The first kappa shape index (κ1) is 11.7. The number of aromatic nitrogens is 2. The number of anilines is 1. The van der Waals surface area contributed by atoms with Crippen LogP contribution in [0.4, 0.5) is 10.1 Å². The number of amides is 1. The molecular weight excluding hydrogens is 289 g/mol. The zero-order valence-electron chi connectivity index (χ0n) is 8.52. The van der Waals surface area contributed by atoms with Crippen molar-refractivity contribution >= 4 is 27.5 Å². The molecule has 1 amide bonds. The van der Waals surface area contributed by atoms with E-state index >= 15 is 0 Å². The number of hydrogen-bond donors (Lipinski definition) is 1. The molecule has 0 unspecified atom stereocenters. The topological polar surface area (TPSA) is 54.9 Å². The van der Waals surface area contributed by atoms with Crippen molar-refractivity contribution in [3.05, 3.63) is 52.8 Å². The highest BCUT2D eigenvalue weighted by atomic mass is 79.9. The SMILES string of the molecule is O=C(Nc1cncnc1)c1ccc(Br)c(F)c1. The molecular formula is C11H7BrFN3O. The van der Waals surface area contributed by atoms with Crippen molar-refractivity contribution < 1.29 is 9.18 Å². The van der Waals surface area contributed by atoms with Crippen molar-refractivity contribution in [2.45, 2.75) is 0 Å². The average molecular weight is 296 g/mol. The van der Waals surface area contributed by atoms with Crippen LogP contribution in [0, 0.1) is 5.82 Å². The molecule has 0 saturated carbocycles. The maximum Gasteiger partial charge on any atom is 0.255 e. The molecule has 0 radical (unpaired) electrons. The van der Waals surface area contributed by atoms with E-state index in [4.69, 9.17) is 0 Å². The number of carbonyl (C=O) groups is 1. The highest BCUT2D eigenvalue weighted by Crippen LogP contribution is 2.17. The fraction of sp³-hybridized carbons (Fsp3) is 0. The summed E-state index contributed by atoms with van der Waals surface area (Å²) in [5.74, 6) is -0.895. The molecule has 17 heavy (non-hydrogen) atoms. The Balaban J connectivity index is 2.18. The van der Waals surface area contributed by atoms with Gasteiger partial charge in [-0.3, -0.25) is 4.79 Å². The van der Waals surface area contributed by atoms with E-state index in [1.165, 1.54) is 30.9 Å². The van der Waals surface area contributed by atoms with Crippen LogP contribution < -0.4 is 5.32 Å². The van der Waals surface area contributed by atoms with Crippen LogP contribution in [0.5, 0.6) is 0 Å². The lowest BCUT2D eigenvalue weighted by Crippen LogP contribution is -2.12. The van der Waals surface area contributed by atoms with Gasteiger partial charge in [-0.15, -0.1) is 0 Å². The van der Waals surface area contributed by atoms with Crippen molar-refractivity contribution in [2.24, 2.45) is 0 Å². The molecule has 2 aromatic rings. The van der Waals surface area contributed by atoms with E-state index in [2.05, 4.69) is 31.2 Å². The van der Waals surface area contributed by atoms with E-state index in [0.29, 0.717) is 10.2 Å². The molecule has 0 aliphatic carbocycles. The summed E-state index contributed by atoms with van der Waals surface area (Å²) in [5, 5.41) is 2.56. The Labute approximate surface area is 105 Å². The second-order valence-corrected chi connectivity index (χ2v) is 4.06. The number of hydrogen-bond acceptors (Lipinski definition) is 3. The monoisotopic (exact) mass is 295 g/mol. The largest absolute Gasteiger partial charge is 0.319 e. The molecule has 0 atom stereocenters. The lowest BCUT2D eigenvalue weighted by Gasteiger charge is -2.04. The molecule has 0 saturated heterocycles. The van der Waals surface area contributed by atoms with Crippen molar-refractivity contribution in [1.29, 1.82) is 0 Å². The molecule has 1 aromatic heterocycles. The normalized spacial score (nSPS) is 10.0. The smallest absolute Gasteiger partial charge is 0.255 e. The Hall–Kier alpha value is -1.82. The van der Waals surface area contributed by atoms with Crippen molar-refractivity contribution in [2.75, 3.05) is 5.32 Å². The summed E-state index contributed by atoms with van der Waals surface area (Å²) in [7, 11) is 0. The van der Waals surface area contributed by atoms with Crippen LogP contribution in [0.2, 0.25) is 0 Å². The molecule has 0 aliphatic rings. The van der Waals surface area contributed by atoms with Gasteiger partial charge in [0.15, 0.2) is 0 Å². The van der Waals surface area contributed by atoms with E-state index in [0.717, 1.165) is 6.07 Å². The Kier molecular flexibility index (Phi) is 3.43. The van der Waals surface area contributed by atoms with Crippen LogP contribution in [-0.4, -0.2) is 15.9 Å². The van der Waals surface area contributed by atoms with Gasteiger partial charge in [0.1, 0.15) is 12.1 Å². The molecule has 0 aliphatic heterocycles. The van der Waals surface area contributed by atoms with Gasteiger partial charge >= 0.3 is 0 Å². The van der Waals surface area contributed by atoms with Crippen LogP contribution >= 0.6 is 15.9 Å². The van der Waals surface area contributed by atoms with E-state index in [9.17, 15) is 9.18 Å². The summed E-state index contributed by atoms with van der Waals surface area (Å²) < 4.78 is 13.5. The van der Waals surface area contributed by atoms with Gasteiger partial charge in [-0.05, 0) is 34.1 Å². The standard InChI is InChI=1S/C11H7BrFN3O/c12-9-2-1-7(3-10(9)13)11(17)16-8-4-14-6-15-5-8/h1-6H,(H,16,17). The predicted octanol–water partition coefficient (Wildman–Crippen LogP) is 2.63. The summed E-state index contributed by atoms with van der Waals surface area (Å²) in [6.07, 6.45) is 4.27. The van der Waals surface area contributed by atoms with Gasteiger partial charge in [-0.2, -0.15) is 0 Å². The first-order valence-corrected chi connectivity index (χ1v) is 5.47. The average Bonchev–Trinajstić information content (AvgIpc) is 2.34. The van der Waals surface area contributed by atoms with Gasteiger partial charge in [0.25, 0.3) is 5.91 Å². The van der Waals surface area contributed by atoms with Crippen LogP contribution in [0.15, 0.2) is 41.4 Å². The Bertz CT molecular complexity index is 548. The molecule has 4 nitrogen and oxygen atoms in total. The second-order valence-electron chi connectivity index (χ2n) is 3.21. The van der Waals surface area contributed by atoms with Crippen molar-refractivity contribution in [1.82, 2.24) is 9.97 Å². The summed E-state index contributed by atoms with van der Waals surface area (Å²) in [6, 6.07) is 4.15. The van der Waals surface area contributed by atoms with Crippen LogP contribution in [-0.2, 0) is 0 Å². The number of carbonyl (C=O) groups excluding carboxylic acids is 1. The highest BCUT2D eigenvalue weighted by Gasteiger charge is 2.08. The Morgan fingerprint density at radius 1 is 1.29 bits per heavy atom. The number of benzene rings is 1. The van der Waals surface area contributed by atoms with Gasteiger partial charge in [-0.25, -0.2) is 14.4 Å². The summed E-state index contributed by atoms with van der Waals surface area (Å²) in [4.78, 5) is 19.2. The van der Waals surface area contributed by atoms with E-state index < -0.39 is 11.7 Å². The van der Waals surface area contributed by atoms with Crippen molar-refractivity contribution in [3.8, 4) is 0 Å². The van der Waals surface area contributed by atoms with E-state index in [1.54, 1.807) is 0 Å². The van der Waals surface area contributed by atoms with Gasteiger partial charge in [0.05, 0.1) is 22.6 Å². The maximum absolute atomic E-state index is 13.2. The number of rotatable bonds is 2. The number of halogens is 2. The molecule has 86 valence electrons. The lowest BCUT2D eigenvalue weighted by atomic mass is 10.2. The molecule has 1 aromatic carbocycles. The van der Waals surface area contributed by atoms with Gasteiger partial charge < -0.3 is 5.32 Å². The van der Waals surface area contributed by atoms with Gasteiger partial charge in [0.2, 0.25) is 0 Å². The van der Waals surface area contributed by atoms with Crippen molar-refractivity contribution in [3.63, 3.8) is 0 Å². The lowest BCUT2D eigenvalue weighted by molar-refractivity contribution is 0.102. The molecule has 1 heterocycles. The maximum atomic E-state index is 13.2. The summed E-state index contributed by atoms with van der Waals surface area (Å²) >= 11 is 3.02. The second kappa shape index (κ2) is 5.01. The first-order valence-electron chi connectivity index (χ1n) is 4.68. The number of nitrogens with zero attached hydrogens (tertiary/aromatic N) is 2. The van der Waals surface area contributed by atoms with Crippen LogP contribution in [0.3, 0.4) is 0 Å². The summed E-state index contributed by atoms with van der Waals surface area (Å²) in [5.41, 5.74) is 0.690. The fourth-order valence-electron chi connectivity index (χ4n) is 1.20. The minimum atomic E-state index is -0.484. The van der Waals surface area contributed by atoms with Gasteiger partial charge in [-0.1, -0.05) is 0 Å². The quantitative estimate of drug-likeness (QED) is 0.927.